The van der Waals surface area contributed by atoms with Crippen molar-refractivity contribution in [1.29, 1.82) is 0 Å². The smallest absolute Gasteiger partial charge is 0.119 e. The number of hydrogen-bond donors (Lipinski definition) is 0. The monoisotopic (exact) mass is 302 g/mol. The van der Waals surface area contributed by atoms with E-state index in [1.54, 1.807) is 0 Å². The zero-order valence-corrected chi connectivity index (χ0v) is 13.6. The summed E-state index contributed by atoms with van der Waals surface area (Å²) in [6.07, 6.45) is 3.09. The van der Waals surface area contributed by atoms with Gasteiger partial charge in [-0.15, -0.1) is 11.6 Å². The Balaban J connectivity index is 1.96. The molecule has 0 saturated carbocycles. The van der Waals surface area contributed by atoms with E-state index in [1.165, 1.54) is 11.1 Å². The van der Waals surface area contributed by atoms with Crippen LogP contribution in [0, 0.1) is 6.92 Å². The average molecular weight is 303 g/mol. The van der Waals surface area contributed by atoms with Crippen LogP contribution in [0.1, 0.15) is 41.8 Å². The summed E-state index contributed by atoms with van der Waals surface area (Å²) in [6, 6.07) is 16.6. The summed E-state index contributed by atoms with van der Waals surface area (Å²) in [4.78, 5) is 0. The maximum atomic E-state index is 6.55. The van der Waals surface area contributed by atoms with Crippen molar-refractivity contribution in [2.45, 2.75) is 38.5 Å². The van der Waals surface area contributed by atoms with Crippen LogP contribution in [0.4, 0.5) is 0 Å². The van der Waals surface area contributed by atoms with Crippen LogP contribution in [0.15, 0.2) is 48.5 Å². The summed E-state index contributed by atoms with van der Waals surface area (Å²) in [5.74, 6) is 0.923. The molecular weight excluding hydrogens is 280 g/mol. The first-order valence-electron chi connectivity index (χ1n) is 7.62. The van der Waals surface area contributed by atoms with Gasteiger partial charge in [0, 0.05) is 0 Å². The number of halogens is 1. The highest BCUT2D eigenvalue weighted by Crippen LogP contribution is 2.27. The van der Waals surface area contributed by atoms with Gasteiger partial charge in [-0.25, -0.2) is 0 Å². The highest BCUT2D eigenvalue weighted by Gasteiger charge is 2.10. The van der Waals surface area contributed by atoms with E-state index in [0.29, 0.717) is 0 Å². The van der Waals surface area contributed by atoms with Crippen molar-refractivity contribution in [1.82, 2.24) is 0 Å². The number of aryl methyl sites for hydroxylation is 1. The van der Waals surface area contributed by atoms with Gasteiger partial charge in [0.1, 0.15) is 5.75 Å². The summed E-state index contributed by atoms with van der Waals surface area (Å²) < 4.78 is 5.68. The molecule has 2 heteroatoms. The van der Waals surface area contributed by atoms with Crippen LogP contribution in [0.5, 0.6) is 5.75 Å². The van der Waals surface area contributed by atoms with Crippen LogP contribution in [0.2, 0.25) is 0 Å². The third-order valence-corrected chi connectivity index (χ3v) is 4.08. The molecule has 0 aliphatic carbocycles. The van der Waals surface area contributed by atoms with Gasteiger partial charge in [-0.05, 0) is 48.6 Å². The number of ether oxygens (including phenoxy) is 1. The van der Waals surface area contributed by atoms with Crippen LogP contribution in [-0.2, 0) is 6.42 Å². The second kappa shape index (κ2) is 8.09. The van der Waals surface area contributed by atoms with Gasteiger partial charge in [0.05, 0.1) is 12.0 Å². The molecule has 2 aromatic carbocycles. The average Bonchev–Trinajstić information content (AvgIpc) is 2.50. The van der Waals surface area contributed by atoms with Crippen LogP contribution in [0.3, 0.4) is 0 Å². The largest absolute Gasteiger partial charge is 0.494 e. The molecule has 1 nitrogen and oxygen atoms in total. The quantitative estimate of drug-likeness (QED) is 0.471. The SMILES string of the molecule is CCCCOc1ccc(C(Cl)Cc2ccccc2C)cc1. The summed E-state index contributed by atoms with van der Waals surface area (Å²) >= 11 is 6.55. The van der Waals surface area contributed by atoms with Crippen LogP contribution in [0.25, 0.3) is 0 Å². The van der Waals surface area contributed by atoms with Crippen molar-refractivity contribution in [3.63, 3.8) is 0 Å². The Morgan fingerprint density at radius 1 is 1.05 bits per heavy atom. The first-order chi connectivity index (χ1) is 10.2. The van der Waals surface area contributed by atoms with Crippen LogP contribution >= 0.6 is 11.6 Å². The Kier molecular flexibility index (Phi) is 6.13. The molecule has 0 fully saturated rings. The fourth-order valence-corrected chi connectivity index (χ4v) is 2.57. The molecule has 0 amide bonds. The highest BCUT2D eigenvalue weighted by molar-refractivity contribution is 6.20. The predicted octanol–water partition coefficient (Wildman–Crippen LogP) is 5.70. The van der Waals surface area contributed by atoms with Gasteiger partial charge in [-0.2, -0.15) is 0 Å². The van der Waals surface area contributed by atoms with E-state index in [9.17, 15) is 0 Å². The third kappa shape index (κ3) is 4.78. The lowest BCUT2D eigenvalue weighted by molar-refractivity contribution is 0.309. The van der Waals surface area contributed by atoms with Gasteiger partial charge >= 0.3 is 0 Å². The molecule has 0 radical (unpaired) electrons. The molecule has 0 N–H and O–H groups in total. The number of benzene rings is 2. The van der Waals surface area contributed by atoms with E-state index in [2.05, 4.69) is 50.2 Å². The summed E-state index contributed by atoms with van der Waals surface area (Å²) in [6.45, 7) is 5.07. The zero-order valence-electron chi connectivity index (χ0n) is 12.8. The topological polar surface area (TPSA) is 9.23 Å². The first-order valence-corrected chi connectivity index (χ1v) is 8.05. The van der Waals surface area contributed by atoms with Gasteiger partial charge in [-0.1, -0.05) is 49.7 Å². The molecule has 0 bridgehead atoms. The van der Waals surface area contributed by atoms with Crippen molar-refractivity contribution in [3.8, 4) is 5.75 Å². The third-order valence-electron chi connectivity index (χ3n) is 3.67. The molecule has 2 aromatic rings. The zero-order chi connectivity index (χ0) is 15.1. The lowest BCUT2D eigenvalue weighted by Crippen LogP contribution is -1.99. The maximum absolute atomic E-state index is 6.55. The molecule has 0 saturated heterocycles. The number of alkyl halides is 1. The normalized spacial score (nSPS) is 12.1. The Hall–Kier alpha value is -1.47. The summed E-state index contributed by atoms with van der Waals surface area (Å²) in [7, 11) is 0. The molecule has 21 heavy (non-hydrogen) atoms. The van der Waals surface area contributed by atoms with Crippen molar-refractivity contribution in [3.05, 3.63) is 65.2 Å². The molecule has 0 spiro atoms. The number of unbranched alkanes of at least 4 members (excludes halogenated alkanes) is 1. The first kappa shape index (κ1) is 15.9. The number of hydrogen-bond acceptors (Lipinski definition) is 1. The van der Waals surface area contributed by atoms with Crippen LogP contribution < -0.4 is 4.74 Å². The Bertz CT molecular complexity index is 548. The maximum Gasteiger partial charge on any atom is 0.119 e. The van der Waals surface area contributed by atoms with Crippen molar-refractivity contribution in [2.24, 2.45) is 0 Å². The van der Waals surface area contributed by atoms with E-state index in [4.69, 9.17) is 16.3 Å². The minimum atomic E-state index is -0.00390. The van der Waals surface area contributed by atoms with Crippen molar-refractivity contribution in [2.75, 3.05) is 6.61 Å². The molecule has 0 aliphatic heterocycles. The van der Waals surface area contributed by atoms with Crippen molar-refractivity contribution < 1.29 is 4.74 Å². The van der Waals surface area contributed by atoms with E-state index < -0.39 is 0 Å². The Labute approximate surface area is 132 Å². The molecule has 1 atom stereocenters. The molecule has 112 valence electrons. The van der Waals surface area contributed by atoms with E-state index in [-0.39, 0.29) is 5.38 Å². The minimum absolute atomic E-state index is 0.00390. The minimum Gasteiger partial charge on any atom is -0.494 e. The molecule has 2 rings (SSSR count). The standard InChI is InChI=1S/C19H23ClO/c1-3-4-13-21-18-11-9-16(10-12-18)19(20)14-17-8-6-5-7-15(17)2/h5-12,19H,3-4,13-14H2,1-2H3. The van der Waals surface area contributed by atoms with Gasteiger partial charge in [-0.3, -0.25) is 0 Å². The highest BCUT2D eigenvalue weighted by atomic mass is 35.5. The molecule has 1 unspecified atom stereocenters. The van der Waals surface area contributed by atoms with Crippen LogP contribution in [-0.4, -0.2) is 6.61 Å². The fraction of sp³-hybridized carbons (Fsp3) is 0.368. The summed E-state index contributed by atoms with van der Waals surface area (Å²) in [5.41, 5.74) is 3.74. The molecule has 0 aromatic heterocycles. The molecule has 0 aliphatic rings. The fourth-order valence-electron chi connectivity index (χ4n) is 2.26. The molecule has 0 heterocycles. The second-order valence-electron chi connectivity index (χ2n) is 5.37. The van der Waals surface area contributed by atoms with E-state index in [1.807, 2.05) is 12.1 Å². The van der Waals surface area contributed by atoms with E-state index >= 15 is 0 Å². The lowest BCUT2D eigenvalue weighted by atomic mass is 10.0. The van der Waals surface area contributed by atoms with Gasteiger partial charge in [0.15, 0.2) is 0 Å². The number of rotatable bonds is 7. The lowest BCUT2D eigenvalue weighted by Gasteiger charge is -2.13. The second-order valence-corrected chi connectivity index (χ2v) is 5.90. The predicted molar refractivity (Wildman–Crippen MR) is 90.3 cm³/mol. The Morgan fingerprint density at radius 3 is 2.43 bits per heavy atom. The van der Waals surface area contributed by atoms with Gasteiger partial charge in [0.2, 0.25) is 0 Å². The Morgan fingerprint density at radius 2 is 1.76 bits per heavy atom. The summed E-state index contributed by atoms with van der Waals surface area (Å²) in [5, 5.41) is -0.00390. The van der Waals surface area contributed by atoms with Gasteiger partial charge in [0.25, 0.3) is 0 Å². The van der Waals surface area contributed by atoms with Crippen molar-refractivity contribution >= 4 is 11.6 Å². The van der Waals surface area contributed by atoms with E-state index in [0.717, 1.165) is 37.2 Å². The van der Waals surface area contributed by atoms with Gasteiger partial charge < -0.3 is 4.74 Å². The molecular formula is C19H23ClO.